The lowest BCUT2D eigenvalue weighted by Crippen LogP contribution is -2.50. The van der Waals surface area contributed by atoms with Gasteiger partial charge in [-0.3, -0.25) is 24.4 Å². The second-order valence-electron chi connectivity index (χ2n) is 8.34. The summed E-state index contributed by atoms with van der Waals surface area (Å²) in [5, 5.41) is 15.7. The first kappa shape index (κ1) is 24.3. The highest BCUT2D eigenvalue weighted by Gasteiger charge is 2.27. The molecule has 2 aromatic carbocycles. The standard InChI is InChI=1S/C24H23ClFN5O4/c1-15-22(31(34)35)16(2)30(27-15)14-17-3-5-18(6-4-17)23(32)28-9-11-29(12-10-28)24(33)20-13-19(25)7-8-21(20)26/h3-8,13H,9-12,14H2,1-2H3. The Hall–Kier alpha value is -3.79. The summed E-state index contributed by atoms with van der Waals surface area (Å²) >= 11 is 5.89. The molecule has 35 heavy (non-hydrogen) atoms. The van der Waals surface area contributed by atoms with Crippen molar-refractivity contribution in [3.63, 3.8) is 0 Å². The average Bonchev–Trinajstić information content (AvgIpc) is 3.13. The van der Waals surface area contributed by atoms with E-state index in [1.165, 1.54) is 17.0 Å². The van der Waals surface area contributed by atoms with Gasteiger partial charge in [-0.2, -0.15) is 5.10 Å². The summed E-state index contributed by atoms with van der Waals surface area (Å²) in [7, 11) is 0. The van der Waals surface area contributed by atoms with E-state index in [0.717, 1.165) is 11.6 Å². The average molecular weight is 500 g/mol. The van der Waals surface area contributed by atoms with Crippen LogP contribution >= 0.6 is 11.6 Å². The first-order valence-electron chi connectivity index (χ1n) is 11.0. The number of amides is 2. The molecule has 0 radical (unpaired) electrons. The summed E-state index contributed by atoms with van der Waals surface area (Å²) in [6.07, 6.45) is 0. The molecule has 0 spiro atoms. The molecule has 2 heterocycles. The third-order valence-electron chi connectivity index (χ3n) is 6.07. The van der Waals surface area contributed by atoms with E-state index in [0.29, 0.717) is 36.6 Å². The number of piperazine rings is 1. The van der Waals surface area contributed by atoms with Gasteiger partial charge in [0.15, 0.2) is 0 Å². The predicted molar refractivity (Wildman–Crippen MR) is 127 cm³/mol. The minimum absolute atomic E-state index is 0.00696. The zero-order valence-electron chi connectivity index (χ0n) is 19.2. The second kappa shape index (κ2) is 9.83. The summed E-state index contributed by atoms with van der Waals surface area (Å²) in [6.45, 7) is 4.81. The fraction of sp³-hybridized carbons (Fsp3) is 0.292. The Morgan fingerprint density at radius 1 is 1.03 bits per heavy atom. The second-order valence-corrected chi connectivity index (χ2v) is 8.78. The Balaban J connectivity index is 1.38. The van der Waals surface area contributed by atoms with E-state index in [1.54, 1.807) is 47.7 Å². The monoisotopic (exact) mass is 499 g/mol. The molecule has 1 aliphatic rings. The highest BCUT2D eigenvalue weighted by atomic mass is 35.5. The molecule has 1 aromatic heterocycles. The van der Waals surface area contributed by atoms with E-state index in [1.807, 2.05) is 0 Å². The van der Waals surface area contributed by atoms with E-state index in [-0.39, 0.29) is 35.3 Å². The normalized spacial score (nSPS) is 13.7. The summed E-state index contributed by atoms with van der Waals surface area (Å²) < 4.78 is 15.6. The van der Waals surface area contributed by atoms with Gasteiger partial charge in [0.1, 0.15) is 17.2 Å². The molecule has 0 saturated carbocycles. The molecule has 3 aromatic rings. The van der Waals surface area contributed by atoms with Crippen LogP contribution in [0.1, 0.15) is 37.7 Å². The van der Waals surface area contributed by atoms with Crippen LogP contribution in [-0.2, 0) is 6.54 Å². The third-order valence-corrected chi connectivity index (χ3v) is 6.31. The minimum atomic E-state index is -0.631. The number of hydrogen-bond donors (Lipinski definition) is 0. The van der Waals surface area contributed by atoms with E-state index < -0.39 is 16.6 Å². The van der Waals surface area contributed by atoms with Gasteiger partial charge in [0.2, 0.25) is 0 Å². The lowest BCUT2D eigenvalue weighted by atomic mass is 10.1. The number of carbonyl (C=O) groups is 2. The Morgan fingerprint density at radius 2 is 1.63 bits per heavy atom. The van der Waals surface area contributed by atoms with Crippen molar-refractivity contribution in [3.05, 3.63) is 91.5 Å². The smallest absolute Gasteiger partial charge is 0.312 e. The topological polar surface area (TPSA) is 102 Å². The molecule has 1 saturated heterocycles. The van der Waals surface area contributed by atoms with Crippen molar-refractivity contribution < 1.29 is 18.9 Å². The van der Waals surface area contributed by atoms with Crippen molar-refractivity contribution in [2.24, 2.45) is 0 Å². The molecule has 0 aliphatic carbocycles. The summed E-state index contributed by atoms with van der Waals surface area (Å²) in [6, 6.07) is 10.8. The quantitative estimate of drug-likeness (QED) is 0.392. The number of aryl methyl sites for hydroxylation is 1. The van der Waals surface area contributed by atoms with Gasteiger partial charge < -0.3 is 9.80 Å². The summed E-state index contributed by atoms with van der Waals surface area (Å²) in [5.74, 6) is -1.25. The van der Waals surface area contributed by atoms with Crippen LogP contribution in [0.15, 0.2) is 42.5 Å². The maximum Gasteiger partial charge on any atom is 0.312 e. The first-order valence-corrected chi connectivity index (χ1v) is 11.3. The molecule has 2 amide bonds. The Kier molecular flexibility index (Phi) is 6.83. The highest BCUT2D eigenvalue weighted by molar-refractivity contribution is 6.31. The lowest BCUT2D eigenvalue weighted by molar-refractivity contribution is -0.386. The van der Waals surface area contributed by atoms with Crippen LogP contribution in [0.5, 0.6) is 0 Å². The van der Waals surface area contributed by atoms with Crippen LogP contribution in [0, 0.1) is 29.8 Å². The number of halogens is 2. The zero-order chi connectivity index (χ0) is 25.3. The van der Waals surface area contributed by atoms with Gasteiger partial charge in [-0.05, 0) is 49.7 Å². The fourth-order valence-electron chi connectivity index (χ4n) is 4.16. The van der Waals surface area contributed by atoms with Crippen molar-refractivity contribution in [2.45, 2.75) is 20.4 Å². The third kappa shape index (κ3) is 5.02. The van der Waals surface area contributed by atoms with Crippen molar-refractivity contribution >= 4 is 29.1 Å². The van der Waals surface area contributed by atoms with Gasteiger partial charge in [-0.25, -0.2) is 4.39 Å². The minimum Gasteiger partial charge on any atom is -0.335 e. The van der Waals surface area contributed by atoms with Crippen LogP contribution in [-0.4, -0.2) is 62.5 Å². The lowest BCUT2D eigenvalue weighted by Gasteiger charge is -2.35. The number of carbonyl (C=O) groups excluding carboxylic acids is 2. The molecule has 0 atom stereocenters. The van der Waals surface area contributed by atoms with Crippen molar-refractivity contribution in [2.75, 3.05) is 26.2 Å². The number of rotatable bonds is 5. The molecule has 1 fully saturated rings. The van der Waals surface area contributed by atoms with Gasteiger partial charge in [-0.1, -0.05) is 23.7 Å². The number of nitro groups is 1. The molecule has 1 aliphatic heterocycles. The Morgan fingerprint density at radius 3 is 2.20 bits per heavy atom. The van der Waals surface area contributed by atoms with Crippen LogP contribution < -0.4 is 0 Å². The fourth-order valence-corrected chi connectivity index (χ4v) is 4.33. The molecule has 0 bridgehead atoms. The maximum atomic E-state index is 14.0. The summed E-state index contributed by atoms with van der Waals surface area (Å²) in [5.41, 5.74) is 2.09. The van der Waals surface area contributed by atoms with E-state index >= 15 is 0 Å². The van der Waals surface area contributed by atoms with Gasteiger partial charge in [-0.15, -0.1) is 0 Å². The number of benzene rings is 2. The molecular weight excluding hydrogens is 477 g/mol. The molecule has 0 unspecified atom stereocenters. The predicted octanol–water partition coefficient (Wildman–Crippen LogP) is 3.85. The largest absolute Gasteiger partial charge is 0.335 e. The van der Waals surface area contributed by atoms with E-state index in [4.69, 9.17) is 11.6 Å². The van der Waals surface area contributed by atoms with Crippen LogP contribution in [0.4, 0.5) is 10.1 Å². The van der Waals surface area contributed by atoms with Crippen molar-refractivity contribution in [1.82, 2.24) is 19.6 Å². The van der Waals surface area contributed by atoms with E-state index in [9.17, 15) is 24.1 Å². The highest BCUT2D eigenvalue weighted by Crippen LogP contribution is 2.23. The Bertz CT molecular complexity index is 1300. The molecular formula is C24H23ClFN5O4. The van der Waals surface area contributed by atoms with Crippen molar-refractivity contribution in [3.8, 4) is 0 Å². The number of nitrogens with zero attached hydrogens (tertiary/aromatic N) is 5. The SMILES string of the molecule is Cc1nn(Cc2ccc(C(=O)N3CCN(C(=O)c4cc(Cl)ccc4F)CC3)cc2)c(C)c1[N+](=O)[O-]. The molecule has 9 nitrogen and oxygen atoms in total. The van der Waals surface area contributed by atoms with E-state index in [2.05, 4.69) is 5.10 Å². The van der Waals surface area contributed by atoms with Gasteiger partial charge in [0.25, 0.3) is 11.8 Å². The van der Waals surface area contributed by atoms with Crippen molar-refractivity contribution in [1.29, 1.82) is 0 Å². The van der Waals surface area contributed by atoms with Crippen LogP contribution in [0.25, 0.3) is 0 Å². The number of aromatic nitrogens is 2. The van der Waals surface area contributed by atoms with Gasteiger partial charge in [0.05, 0.1) is 17.0 Å². The van der Waals surface area contributed by atoms with Crippen LogP contribution in [0.3, 0.4) is 0 Å². The molecule has 4 rings (SSSR count). The maximum absolute atomic E-state index is 14.0. The Labute approximate surface area is 205 Å². The number of hydrogen-bond acceptors (Lipinski definition) is 5. The van der Waals surface area contributed by atoms with Gasteiger partial charge >= 0.3 is 5.69 Å². The molecule has 182 valence electrons. The molecule has 0 N–H and O–H groups in total. The van der Waals surface area contributed by atoms with Crippen LogP contribution in [0.2, 0.25) is 5.02 Å². The zero-order valence-corrected chi connectivity index (χ0v) is 20.0. The first-order chi connectivity index (χ1) is 16.7. The van der Waals surface area contributed by atoms with Gasteiger partial charge in [0, 0.05) is 36.8 Å². The molecule has 11 heteroatoms. The summed E-state index contributed by atoms with van der Waals surface area (Å²) in [4.78, 5) is 39.5.